The Morgan fingerprint density at radius 2 is 1.05 bits per heavy atom. The predicted molar refractivity (Wildman–Crippen MR) is 139 cm³/mol. The Bertz CT molecular complexity index is 1400. The molecular formula is C26H27N3O11. The van der Waals surface area contributed by atoms with Crippen molar-refractivity contribution in [2.75, 3.05) is 0 Å². The van der Waals surface area contributed by atoms with Gasteiger partial charge in [-0.2, -0.15) is 0 Å². The minimum Gasteiger partial charge on any atom is -0.504 e. The normalized spacial score (nSPS) is 12.6. The van der Waals surface area contributed by atoms with E-state index in [-0.39, 0.29) is 29.5 Å². The first-order valence-electron chi connectivity index (χ1n) is 11.5. The van der Waals surface area contributed by atoms with Gasteiger partial charge in [-0.05, 0) is 65.6 Å². The molecule has 3 aromatic rings. The summed E-state index contributed by atoms with van der Waals surface area (Å²) in [5.41, 5.74) is 6.50. The van der Waals surface area contributed by atoms with E-state index in [1.807, 2.05) is 0 Å². The number of carbonyl (C=O) groups excluding carboxylic acids is 2. The summed E-state index contributed by atoms with van der Waals surface area (Å²) in [6.45, 7) is 0. The van der Waals surface area contributed by atoms with Crippen LogP contribution in [0, 0.1) is 0 Å². The Balaban J connectivity index is 1.79. The number of benzene rings is 3. The maximum atomic E-state index is 13.0. The van der Waals surface area contributed by atoms with Crippen LogP contribution in [0.1, 0.15) is 16.7 Å². The summed E-state index contributed by atoms with van der Waals surface area (Å²) >= 11 is 0. The minimum absolute atomic E-state index is 0.146. The zero-order valence-corrected chi connectivity index (χ0v) is 20.6. The summed E-state index contributed by atoms with van der Waals surface area (Å²) < 4.78 is 0. The fraction of sp³-hybridized carbons (Fsp3) is 0.154. The lowest BCUT2D eigenvalue weighted by atomic mass is 10.0. The van der Waals surface area contributed by atoms with Crippen molar-refractivity contribution in [3.63, 3.8) is 0 Å². The number of hydrogen-bond donors (Lipinski definition) is 12. The van der Waals surface area contributed by atoms with Gasteiger partial charge in [-0.25, -0.2) is 0 Å². The van der Waals surface area contributed by atoms with E-state index in [2.05, 4.69) is 10.6 Å². The van der Waals surface area contributed by atoms with E-state index in [1.54, 1.807) is 0 Å². The van der Waals surface area contributed by atoms with Crippen LogP contribution in [0.25, 0.3) is 6.08 Å². The molecule has 0 aromatic heterocycles. The zero-order valence-electron chi connectivity index (χ0n) is 20.6. The molecule has 1 unspecified atom stereocenters. The van der Waals surface area contributed by atoms with Gasteiger partial charge >= 0.3 is 0 Å². The van der Waals surface area contributed by atoms with Crippen LogP contribution in [-0.2, 0) is 22.4 Å². The van der Waals surface area contributed by atoms with Crippen molar-refractivity contribution in [2.24, 2.45) is 5.73 Å². The monoisotopic (exact) mass is 557 g/mol. The molecule has 2 atom stereocenters. The lowest BCUT2D eigenvalue weighted by Crippen LogP contribution is -2.52. The van der Waals surface area contributed by atoms with Gasteiger partial charge in [0.1, 0.15) is 6.04 Å². The third-order valence-electron chi connectivity index (χ3n) is 5.72. The van der Waals surface area contributed by atoms with Crippen LogP contribution < -0.4 is 16.4 Å². The van der Waals surface area contributed by atoms with Crippen LogP contribution >= 0.6 is 0 Å². The second kappa shape index (κ2) is 11.9. The van der Waals surface area contributed by atoms with Gasteiger partial charge in [0.2, 0.25) is 11.8 Å². The fourth-order valence-corrected chi connectivity index (χ4v) is 3.67. The van der Waals surface area contributed by atoms with Crippen molar-refractivity contribution in [3.8, 4) is 51.7 Å². The maximum absolute atomic E-state index is 13.0. The maximum Gasteiger partial charge on any atom is 0.246 e. The Hall–Kier alpha value is -5.50. The molecule has 0 radical (unpaired) electrons. The molecule has 3 aromatic carbocycles. The summed E-state index contributed by atoms with van der Waals surface area (Å²) in [5.74, 6) is -7.69. The molecule has 0 aliphatic heterocycles. The van der Waals surface area contributed by atoms with Gasteiger partial charge in [0, 0.05) is 12.6 Å². The van der Waals surface area contributed by atoms with Crippen LogP contribution in [-0.4, -0.2) is 69.9 Å². The highest BCUT2D eigenvalue weighted by Gasteiger charge is 2.25. The summed E-state index contributed by atoms with van der Waals surface area (Å²) in [6.07, 6.45) is 1.89. The molecule has 0 aliphatic carbocycles. The number of nitrogens with two attached hydrogens (primary N) is 1. The second-order valence-electron chi connectivity index (χ2n) is 8.79. The van der Waals surface area contributed by atoms with E-state index in [0.717, 1.165) is 42.6 Å². The Labute approximate surface area is 226 Å². The van der Waals surface area contributed by atoms with E-state index in [9.17, 15) is 55.5 Å². The highest BCUT2D eigenvalue weighted by atomic mass is 16.3. The number of phenolic OH excluding ortho intramolecular Hbond substituents is 9. The van der Waals surface area contributed by atoms with Crippen LogP contribution in [0.3, 0.4) is 0 Å². The molecule has 0 spiro atoms. The number of hydrogen-bond acceptors (Lipinski definition) is 12. The Morgan fingerprint density at radius 3 is 1.50 bits per heavy atom. The van der Waals surface area contributed by atoms with Crippen molar-refractivity contribution in [1.82, 2.24) is 10.6 Å². The van der Waals surface area contributed by atoms with Crippen LogP contribution in [0.15, 0.2) is 42.6 Å². The van der Waals surface area contributed by atoms with E-state index in [1.165, 1.54) is 6.08 Å². The number of carbonyl (C=O) groups is 2. The molecule has 0 fully saturated rings. The summed E-state index contributed by atoms with van der Waals surface area (Å²) in [7, 11) is 0. The Kier molecular flexibility index (Phi) is 8.66. The summed E-state index contributed by atoms with van der Waals surface area (Å²) in [5, 5.41) is 91.6. The summed E-state index contributed by atoms with van der Waals surface area (Å²) in [4.78, 5) is 25.8. The molecule has 14 nitrogen and oxygen atoms in total. The van der Waals surface area contributed by atoms with E-state index in [4.69, 9.17) is 5.73 Å². The van der Waals surface area contributed by atoms with Gasteiger partial charge in [-0.1, -0.05) is 0 Å². The molecule has 3 rings (SSSR count). The number of nitrogens with one attached hydrogen (secondary N) is 2. The van der Waals surface area contributed by atoms with Gasteiger partial charge in [0.05, 0.1) is 6.04 Å². The molecule has 0 saturated carbocycles. The van der Waals surface area contributed by atoms with E-state index in [0.29, 0.717) is 0 Å². The average molecular weight is 558 g/mol. The van der Waals surface area contributed by atoms with Gasteiger partial charge in [-0.3, -0.25) is 9.59 Å². The second-order valence-corrected chi connectivity index (χ2v) is 8.79. The van der Waals surface area contributed by atoms with Crippen molar-refractivity contribution in [1.29, 1.82) is 0 Å². The third kappa shape index (κ3) is 6.87. The molecule has 0 saturated heterocycles. The first-order valence-corrected chi connectivity index (χ1v) is 11.5. The number of aromatic hydroxyl groups is 9. The van der Waals surface area contributed by atoms with Crippen LogP contribution in [0.2, 0.25) is 0 Å². The molecule has 40 heavy (non-hydrogen) atoms. The largest absolute Gasteiger partial charge is 0.504 e. The number of phenols is 9. The lowest BCUT2D eigenvalue weighted by molar-refractivity contribution is -0.129. The van der Waals surface area contributed by atoms with Crippen molar-refractivity contribution in [3.05, 3.63) is 59.3 Å². The zero-order chi connectivity index (χ0) is 29.7. The number of rotatable bonds is 9. The first kappa shape index (κ1) is 29.1. The molecule has 0 heterocycles. The van der Waals surface area contributed by atoms with E-state index >= 15 is 0 Å². The topological polar surface area (TPSA) is 266 Å². The van der Waals surface area contributed by atoms with E-state index < -0.39 is 75.6 Å². The molecule has 14 heteroatoms. The quantitative estimate of drug-likeness (QED) is 0.160. The molecule has 0 aliphatic rings. The highest BCUT2D eigenvalue weighted by molar-refractivity contribution is 5.90. The van der Waals surface area contributed by atoms with Gasteiger partial charge < -0.3 is 62.3 Å². The first-order chi connectivity index (χ1) is 18.8. The van der Waals surface area contributed by atoms with Crippen LogP contribution in [0.5, 0.6) is 51.7 Å². The predicted octanol–water partition coefficient (Wildman–Crippen LogP) is 0.421. The van der Waals surface area contributed by atoms with Gasteiger partial charge in [0.25, 0.3) is 0 Å². The molecule has 13 N–H and O–H groups in total. The summed E-state index contributed by atoms with van der Waals surface area (Å²) in [6, 6.07) is 3.90. The molecule has 0 bridgehead atoms. The molecule has 212 valence electrons. The third-order valence-corrected chi connectivity index (χ3v) is 5.72. The van der Waals surface area contributed by atoms with Crippen molar-refractivity contribution in [2.45, 2.75) is 24.9 Å². The van der Waals surface area contributed by atoms with Gasteiger partial charge in [-0.15, -0.1) is 0 Å². The van der Waals surface area contributed by atoms with Gasteiger partial charge in [0.15, 0.2) is 51.7 Å². The Morgan fingerprint density at radius 1 is 0.650 bits per heavy atom. The minimum atomic E-state index is -1.35. The number of amides is 2. The molecule has 2 amide bonds. The SMILES string of the molecule is N[C@@H](Cc1cc(O)c(O)c(O)c1)C(=O)NC(Cc1cc(O)c(O)c(O)c1)C(=O)N/C=C/c1cc(O)c(O)c(O)c1. The lowest BCUT2D eigenvalue weighted by Gasteiger charge is -2.21. The smallest absolute Gasteiger partial charge is 0.246 e. The van der Waals surface area contributed by atoms with Crippen molar-refractivity contribution < 1.29 is 55.5 Å². The van der Waals surface area contributed by atoms with Crippen LogP contribution in [0.4, 0.5) is 0 Å². The van der Waals surface area contributed by atoms with Crippen molar-refractivity contribution >= 4 is 17.9 Å². The standard InChI is InChI=1S/C26H27N3O11/c27-14(3-12-7-18(32)23(37)19(33)8-12)25(39)29-15(4-13-9-20(34)24(38)21(35)10-13)26(40)28-2-1-11-5-16(30)22(36)17(31)6-11/h1-2,5-10,14-15,30-38H,3-4,27H2,(H,28,40)(H,29,39)/b2-1+/t14-,15?/m0/s1. The molecular weight excluding hydrogens is 530 g/mol. The fourth-order valence-electron chi connectivity index (χ4n) is 3.67. The highest BCUT2D eigenvalue weighted by Crippen LogP contribution is 2.37. The average Bonchev–Trinajstić information content (AvgIpc) is 2.88.